The minimum Gasteiger partial charge on any atom is -0.454 e. The highest BCUT2D eigenvalue weighted by molar-refractivity contribution is 5.95. The van der Waals surface area contributed by atoms with Gasteiger partial charge in [-0.15, -0.1) is 0 Å². The molecule has 0 radical (unpaired) electrons. The molecule has 9 heteroatoms. The number of para-hydroxylation sites is 1. The van der Waals surface area contributed by atoms with Gasteiger partial charge < -0.3 is 19.5 Å². The summed E-state index contributed by atoms with van der Waals surface area (Å²) in [6.07, 6.45) is -1.38. The van der Waals surface area contributed by atoms with E-state index in [-0.39, 0.29) is 24.5 Å². The third-order valence-corrected chi connectivity index (χ3v) is 3.84. The van der Waals surface area contributed by atoms with E-state index in [1.807, 2.05) is 0 Å². The smallest absolute Gasteiger partial charge is 0.311 e. The van der Waals surface area contributed by atoms with Gasteiger partial charge in [-0.25, -0.2) is 0 Å². The number of nitrogens with one attached hydrogen (secondary N) is 1. The van der Waals surface area contributed by atoms with Gasteiger partial charge in [-0.1, -0.05) is 18.2 Å². The Hall–Kier alpha value is -3.62. The van der Waals surface area contributed by atoms with E-state index in [2.05, 4.69) is 5.32 Å². The average Bonchev–Trinajstić information content (AvgIpc) is 3.09. The second-order valence-electron chi connectivity index (χ2n) is 5.75. The van der Waals surface area contributed by atoms with Crippen molar-refractivity contribution < 1.29 is 28.7 Å². The largest absolute Gasteiger partial charge is 0.454 e. The van der Waals surface area contributed by atoms with Gasteiger partial charge in [-0.2, -0.15) is 0 Å². The fourth-order valence-corrected chi connectivity index (χ4v) is 2.50. The highest BCUT2D eigenvalue weighted by atomic mass is 16.7. The van der Waals surface area contributed by atoms with Gasteiger partial charge >= 0.3 is 5.97 Å². The van der Waals surface area contributed by atoms with E-state index in [0.717, 1.165) is 0 Å². The van der Waals surface area contributed by atoms with Gasteiger partial charge in [0.2, 0.25) is 6.79 Å². The predicted molar refractivity (Wildman–Crippen MR) is 93.5 cm³/mol. The molecule has 1 aliphatic heterocycles. The maximum absolute atomic E-state index is 12.2. The van der Waals surface area contributed by atoms with E-state index in [9.17, 15) is 19.7 Å². The lowest BCUT2D eigenvalue weighted by molar-refractivity contribution is -0.385. The Morgan fingerprint density at radius 2 is 1.96 bits per heavy atom. The molecule has 0 aliphatic carbocycles. The maximum Gasteiger partial charge on any atom is 0.311 e. The van der Waals surface area contributed by atoms with Crippen LogP contribution in [0.1, 0.15) is 12.5 Å². The molecule has 9 nitrogen and oxygen atoms in total. The number of hydrogen-bond acceptors (Lipinski definition) is 7. The Kier molecular flexibility index (Phi) is 5.20. The molecule has 2 aromatic rings. The van der Waals surface area contributed by atoms with E-state index in [1.165, 1.54) is 25.1 Å². The van der Waals surface area contributed by atoms with Crippen molar-refractivity contribution in [2.75, 3.05) is 12.1 Å². The summed E-state index contributed by atoms with van der Waals surface area (Å²) in [6.45, 7) is 1.53. The summed E-state index contributed by atoms with van der Waals surface area (Å²) in [5.74, 6) is -0.187. The molecule has 0 saturated heterocycles. The Bertz CT molecular complexity index is 897. The van der Waals surface area contributed by atoms with Crippen LogP contribution in [0.4, 0.5) is 11.4 Å². The van der Waals surface area contributed by atoms with Crippen LogP contribution in [-0.2, 0) is 20.7 Å². The molecule has 1 atom stereocenters. The van der Waals surface area contributed by atoms with Crippen molar-refractivity contribution in [2.45, 2.75) is 19.4 Å². The molecular weight excluding hydrogens is 356 g/mol. The number of nitro benzene ring substituents is 1. The fourth-order valence-electron chi connectivity index (χ4n) is 2.50. The van der Waals surface area contributed by atoms with Crippen LogP contribution in [0.15, 0.2) is 42.5 Å². The molecule has 0 saturated carbocycles. The zero-order valence-electron chi connectivity index (χ0n) is 14.3. The quantitative estimate of drug-likeness (QED) is 0.470. The van der Waals surface area contributed by atoms with Gasteiger partial charge in [0.1, 0.15) is 0 Å². The van der Waals surface area contributed by atoms with Gasteiger partial charge in [-0.3, -0.25) is 19.7 Å². The molecule has 0 unspecified atom stereocenters. The lowest BCUT2D eigenvalue weighted by atomic mass is 10.1. The van der Waals surface area contributed by atoms with Gasteiger partial charge in [0.05, 0.1) is 11.3 Å². The number of esters is 1. The van der Waals surface area contributed by atoms with Crippen LogP contribution in [0.3, 0.4) is 0 Å². The Morgan fingerprint density at radius 1 is 1.22 bits per heavy atom. The van der Waals surface area contributed by atoms with Gasteiger partial charge in [0, 0.05) is 23.4 Å². The Morgan fingerprint density at radius 3 is 2.74 bits per heavy atom. The van der Waals surface area contributed by atoms with Gasteiger partial charge in [0.15, 0.2) is 17.6 Å². The number of hydrogen-bond donors (Lipinski definition) is 1. The molecule has 0 fully saturated rings. The first-order valence-electron chi connectivity index (χ1n) is 8.06. The molecular formula is C18H16N2O7. The van der Waals surface area contributed by atoms with Crippen LogP contribution in [0.5, 0.6) is 11.5 Å². The van der Waals surface area contributed by atoms with Gasteiger partial charge in [-0.05, 0) is 19.1 Å². The summed E-state index contributed by atoms with van der Waals surface area (Å²) in [6, 6.07) is 10.8. The van der Waals surface area contributed by atoms with E-state index in [1.54, 1.807) is 24.3 Å². The number of nitro groups is 1. The van der Waals surface area contributed by atoms with Crippen molar-refractivity contribution in [1.29, 1.82) is 0 Å². The Labute approximate surface area is 154 Å². The molecule has 1 heterocycles. The number of carbonyl (C=O) groups is 2. The first-order chi connectivity index (χ1) is 12.9. The molecule has 0 aromatic heterocycles. The van der Waals surface area contributed by atoms with Crippen LogP contribution in [0, 0.1) is 10.1 Å². The van der Waals surface area contributed by atoms with Crippen molar-refractivity contribution in [3.63, 3.8) is 0 Å². The highest BCUT2D eigenvalue weighted by Gasteiger charge is 2.22. The van der Waals surface area contributed by atoms with Crippen molar-refractivity contribution in [3.8, 4) is 11.5 Å². The number of benzene rings is 2. The van der Waals surface area contributed by atoms with Gasteiger partial charge in [0.25, 0.3) is 11.6 Å². The minimum absolute atomic E-state index is 0.117. The fraction of sp³-hybridized carbons (Fsp3) is 0.222. The number of rotatable bonds is 6. The molecule has 2 aromatic carbocycles. The summed E-state index contributed by atoms with van der Waals surface area (Å²) in [4.78, 5) is 34.7. The standard InChI is InChI=1S/C18H16N2O7/c1-11(18(22)19-13-6-7-15-16(9-13)26-10-25-15)27-17(21)8-12-4-2-3-5-14(12)20(23)24/h2-7,9,11H,8,10H2,1H3,(H,19,22)/t11-/m1/s1. The number of nitrogens with zero attached hydrogens (tertiary/aromatic N) is 1. The molecule has 1 aliphatic rings. The molecule has 0 spiro atoms. The second-order valence-corrected chi connectivity index (χ2v) is 5.75. The third-order valence-electron chi connectivity index (χ3n) is 3.84. The Balaban J connectivity index is 1.58. The topological polar surface area (TPSA) is 117 Å². The number of amides is 1. The summed E-state index contributed by atoms with van der Waals surface area (Å²) >= 11 is 0. The first kappa shape index (κ1) is 18.2. The second kappa shape index (κ2) is 7.73. The van der Waals surface area contributed by atoms with Crippen molar-refractivity contribution in [1.82, 2.24) is 0 Å². The van der Waals surface area contributed by atoms with Crippen LogP contribution < -0.4 is 14.8 Å². The molecule has 27 heavy (non-hydrogen) atoms. The minimum atomic E-state index is -1.08. The normalized spacial score (nSPS) is 12.9. The van der Waals surface area contributed by atoms with Crippen molar-refractivity contribution in [3.05, 3.63) is 58.1 Å². The van der Waals surface area contributed by atoms with Crippen molar-refractivity contribution >= 4 is 23.3 Å². The zero-order valence-corrected chi connectivity index (χ0v) is 14.3. The molecule has 0 bridgehead atoms. The average molecular weight is 372 g/mol. The predicted octanol–water partition coefficient (Wildman–Crippen LogP) is 2.44. The van der Waals surface area contributed by atoms with E-state index in [4.69, 9.17) is 14.2 Å². The third kappa shape index (κ3) is 4.32. The summed E-state index contributed by atoms with van der Waals surface area (Å²) in [5, 5.41) is 13.6. The maximum atomic E-state index is 12.2. The van der Waals surface area contributed by atoms with Crippen LogP contribution in [-0.4, -0.2) is 29.7 Å². The molecule has 1 amide bonds. The SMILES string of the molecule is C[C@@H](OC(=O)Cc1ccccc1[N+](=O)[O-])C(=O)Nc1ccc2c(c1)OCO2. The number of ether oxygens (including phenoxy) is 3. The molecule has 140 valence electrons. The van der Waals surface area contributed by atoms with Crippen LogP contribution >= 0.6 is 0 Å². The zero-order chi connectivity index (χ0) is 19.4. The summed E-state index contributed by atoms with van der Waals surface area (Å²) in [5.41, 5.74) is 0.508. The van der Waals surface area contributed by atoms with Crippen molar-refractivity contribution in [2.24, 2.45) is 0 Å². The highest BCUT2D eigenvalue weighted by Crippen LogP contribution is 2.34. The number of anilines is 1. The lowest BCUT2D eigenvalue weighted by Gasteiger charge is -2.14. The van der Waals surface area contributed by atoms with Crippen LogP contribution in [0.2, 0.25) is 0 Å². The number of carbonyl (C=O) groups excluding carboxylic acids is 2. The van der Waals surface area contributed by atoms with E-state index >= 15 is 0 Å². The molecule has 3 rings (SSSR count). The number of fused-ring (bicyclic) bond motifs is 1. The summed E-state index contributed by atoms with van der Waals surface area (Å²) < 4.78 is 15.5. The van der Waals surface area contributed by atoms with E-state index < -0.39 is 22.9 Å². The van der Waals surface area contributed by atoms with E-state index in [0.29, 0.717) is 17.2 Å². The molecule has 1 N–H and O–H groups in total. The summed E-state index contributed by atoms with van der Waals surface area (Å²) in [7, 11) is 0. The first-order valence-corrected chi connectivity index (χ1v) is 8.06. The monoisotopic (exact) mass is 372 g/mol. The van der Waals surface area contributed by atoms with Crippen LogP contribution in [0.25, 0.3) is 0 Å². The lowest BCUT2D eigenvalue weighted by Crippen LogP contribution is -2.30.